The third kappa shape index (κ3) is 6.16. The lowest BCUT2D eigenvalue weighted by Gasteiger charge is -2.38. The summed E-state index contributed by atoms with van der Waals surface area (Å²) in [5.41, 5.74) is -0.00201. The van der Waals surface area contributed by atoms with Gasteiger partial charge in [0.15, 0.2) is 6.10 Å². The fraction of sp³-hybridized carbons (Fsp3) is 0.571. The molecule has 1 amide bonds. The maximum absolute atomic E-state index is 12.0. The number of esters is 1. The average Bonchev–Trinajstić information content (AvgIpc) is 2.72. The van der Waals surface area contributed by atoms with E-state index in [1.807, 2.05) is 0 Å². The van der Waals surface area contributed by atoms with Crippen LogP contribution in [0.15, 0.2) is 18.2 Å². The Labute approximate surface area is 184 Å². The third-order valence-electron chi connectivity index (χ3n) is 4.68. The highest BCUT2D eigenvalue weighted by Gasteiger charge is 2.48. The SMILES string of the molecule is CCC(=O)Nc1cc(COC(=O)C(C)(C)C)ccc1O[C@@H]1O[C@H](C(=O)O)[C@@H](O)[C@H](O)[C@H]1O. The van der Waals surface area contributed by atoms with Crippen LogP contribution in [0.3, 0.4) is 0 Å². The van der Waals surface area contributed by atoms with E-state index in [0.717, 1.165) is 0 Å². The summed E-state index contributed by atoms with van der Waals surface area (Å²) in [7, 11) is 0. The Morgan fingerprint density at radius 3 is 2.31 bits per heavy atom. The lowest BCUT2D eigenvalue weighted by molar-refractivity contribution is -0.271. The predicted octanol–water partition coefficient (Wildman–Crippen LogP) is 0.395. The van der Waals surface area contributed by atoms with Gasteiger partial charge in [0, 0.05) is 6.42 Å². The van der Waals surface area contributed by atoms with Gasteiger partial charge in [-0.1, -0.05) is 13.0 Å². The number of aliphatic hydroxyl groups is 3. The zero-order valence-electron chi connectivity index (χ0n) is 18.3. The molecule has 32 heavy (non-hydrogen) atoms. The molecule has 5 N–H and O–H groups in total. The number of aliphatic hydroxyl groups excluding tert-OH is 3. The van der Waals surface area contributed by atoms with Crippen LogP contribution in [0.4, 0.5) is 5.69 Å². The Morgan fingerprint density at radius 2 is 1.75 bits per heavy atom. The van der Waals surface area contributed by atoms with Crippen molar-refractivity contribution in [1.82, 2.24) is 0 Å². The fourth-order valence-corrected chi connectivity index (χ4v) is 2.75. The zero-order valence-corrected chi connectivity index (χ0v) is 18.3. The Hall–Kier alpha value is -2.73. The largest absolute Gasteiger partial charge is 0.479 e. The van der Waals surface area contributed by atoms with Gasteiger partial charge in [0.25, 0.3) is 0 Å². The molecule has 1 heterocycles. The molecule has 11 nitrogen and oxygen atoms in total. The topological polar surface area (TPSA) is 172 Å². The summed E-state index contributed by atoms with van der Waals surface area (Å²) in [5, 5.41) is 41.7. The number of carboxylic acids is 1. The van der Waals surface area contributed by atoms with Crippen LogP contribution < -0.4 is 10.1 Å². The molecule has 0 saturated carbocycles. The number of anilines is 1. The highest BCUT2D eigenvalue weighted by Crippen LogP contribution is 2.31. The van der Waals surface area contributed by atoms with Crippen molar-refractivity contribution >= 4 is 23.5 Å². The average molecular weight is 455 g/mol. The number of benzene rings is 1. The number of hydrogen-bond acceptors (Lipinski definition) is 9. The minimum absolute atomic E-state index is 0.00877. The van der Waals surface area contributed by atoms with E-state index in [2.05, 4.69) is 5.32 Å². The number of ether oxygens (including phenoxy) is 3. The second kappa shape index (κ2) is 10.3. The molecule has 11 heteroatoms. The lowest BCUT2D eigenvalue weighted by atomic mass is 9.97. The van der Waals surface area contributed by atoms with Crippen molar-refractivity contribution in [3.63, 3.8) is 0 Å². The molecule has 178 valence electrons. The van der Waals surface area contributed by atoms with Crippen molar-refractivity contribution < 1.29 is 49.0 Å². The van der Waals surface area contributed by atoms with E-state index in [4.69, 9.17) is 19.3 Å². The highest BCUT2D eigenvalue weighted by atomic mass is 16.7. The Balaban J connectivity index is 2.26. The van der Waals surface area contributed by atoms with E-state index >= 15 is 0 Å². The van der Waals surface area contributed by atoms with Crippen LogP contribution in [-0.2, 0) is 30.5 Å². The van der Waals surface area contributed by atoms with Crippen molar-refractivity contribution in [2.24, 2.45) is 5.41 Å². The van der Waals surface area contributed by atoms with Gasteiger partial charge >= 0.3 is 11.9 Å². The van der Waals surface area contributed by atoms with Gasteiger partial charge in [-0.25, -0.2) is 4.79 Å². The van der Waals surface area contributed by atoms with Gasteiger partial charge in [0.2, 0.25) is 12.2 Å². The van der Waals surface area contributed by atoms with Crippen molar-refractivity contribution in [2.45, 2.75) is 71.4 Å². The number of carbonyl (C=O) groups excluding carboxylic acids is 2. The summed E-state index contributed by atoms with van der Waals surface area (Å²) in [6, 6.07) is 4.45. The molecular weight excluding hydrogens is 426 g/mol. The van der Waals surface area contributed by atoms with E-state index in [-0.39, 0.29) is 30.4 Å². The lowest BCUT2D eigenvalue weighted by Crippen LogP contribution is -2.61. The summed E-state index contributed by atoms with van der Waals surface area (Å²) < 4.78 is 15.9. The van der Waals surface area contributed by atoms with Crippen LogP contribution >= 0.6 is 0 Å². The number of amides is 1. The fourth-order valence-electron chi connectivity index (χ4n) is 2.75. The molecule has 0 unspecified atom stereocenters. The van der Waals surface area contributed by atoms with Crippen LogP contribution in [0.1, 0.15) is 39.7 Å². The first-order valence-corrected chi connectivity index (χ1v) is 10.0. The van der Waals surface area contributed by atoms with Crippen molar-refractivity contribution in [3.8, 4) is 5.75 Å². The van der Waals surface area contributed by atoms with E-state index < -0.39 is 48.1 Å². The van der Waals surface area contributed by atoms with Crippen LogP contribution in [0.25, 0.3) is 0 Å². The van der Waals surface area contributed by atoms with Crippen LogP contribution in [0.5, 0.6) is 5.75 Å². The Bertz CT molecular complexity index is 849. The van der Waals surface area contributed by atoms with E-state index in [9.17, 15) is 29.7 Å². The number of aliphatic carboxylic acids is 1. The molecule has 1 fully saturated rings. The van der Waals surface area contributed by atoms with Crippen molar-refractivity contribution in [3.05, 3.63) is 23.8 Å². The molecule has 5 atom stereocenters. The molecule has 1 aliphatic rings. The zero-order chi connectivity index (χ0) is 24.2. The number of carboxylic acid groups (broad SMARTS) is 1. The van der Waals surface area contributed by atoms with Gasteiger partial charge in [-0.3, -0.25) is 9.59 Å². The molecule has 2 rings (SSSR count). The van der Waals surface area contributed by atoms with Gasteiger partial charge in [-0.05, 0) is 38.5 Å². The molecule has 1 aromatic carbocycles. The van der Waals surface area contributed by atoms with Gasteiger partial charge in [-0.15, -0.1) is 0 Å². The summed E-state index contributed by atoms with van der Waals surface area (Å²) in [6.07, 6.45) is -8.78. The molecule has 0 aliphatic carbocycles. The first-order valence-electron chi connectivity index (χ1n) is 10.0. The molecule has 0 spiro atoms. The van der Waals surface area contributed by atoms with Crippen LogP contribution in [-0.4, -0.2) is 69.0 Å². The smallest absolute Gasteiger partial charge is 0.335 e. The second-order valence-corrected chi connectivity index (χ2v) is 8.41. The van der Waals surface area contributed by atoms with Gasteiger partial charge in [0.05, 0.1) is 11.1 Å². The molecule has 1 aromatic rings. The van der Waals surface area contributed by atoms with Crippen LogP contribution in [0, 0.1) is 5.41 Å². The maximum Gasteiger partial charge on any atom is 0.335 e. The van der Waals surface area contributed by atoms with Gasteiger partial charge in [0.1, 0.15) is 30.7 Å². The van der Waals surface area contributed by atoms with Gasteiger partial charge < -0.3 is 40.0 Å². The van der Waals surface area contributed by atoms with Crippen LogP contribution in [0.2, 0.25) is 0 Å². The monoisotopic (exact) mass is 455 g/mol. The molecule has 0 aromatic heterocycles. The van der Waals surface area contributed by atoms with Crippen molar-refractivity contribution in [2.75, 3.05) is 5.32 Å². The maximum atomic E-state index is 12.0. The number of nitrogens with one attached hydrogen (secondary N) is 1. The first kappa shape index (κ1) is 25.5. The minimum Gasteiger partial charge on any atom is -0.479 e. The summed E-state index contributed by atoms with van der Waals surface area (Å²) in [5.74, 6) is -2.31. The number of hydrogen-bond donors (Lipinski definition) is 5. The van der Waals surface area contributed by atoms with E-state index in [1.165, 1.54) is 12.1 Å². The molecular formula is C21H29NO10. The second-order valence-electron chi connectivity index (χ2n) is 8.41. The summed E-state index contributed by atoms with van der Waals surface area (Å²) in [4.78, 5) is 35.2. The molecule has 0 bridgehead atoms. The third-order valence-corrected chi connectivity index (χ3v) is 4.68. The Kier molecular flexibility index (Phi) is 8.18. The molecule has 1 saturated heterocycles. The normalized spacial score (nSPS) is 25.7. The van der Waals surface area contributed by atoms with Gasteiger partial charge in [-0.2, -0.15) is 0 Å². The molecule has 1 aliphatic heterocycles. The quantitative estimate of drug-likeness (QED) is 0.362. The summed E-state index contributed by atoms with van der Waals surface area (Å²) in [6.45, 7) is 6.70. The summed E-state index contributed by atoms with van der Waals surface area (Å²) >= 11 is 0. The first-order chi connectivity index (χ1) is 14.8. The van der Waals surface area contributed by atoms with E-state index in [0.29, 0.717) is 5.56 Å². The number of carbonyl (C=O) groups is 3. The van der Waals surface area contributed by atoms with E-state index in [1.54, 1.807) is 33.8 Å². The predicted molar refractivity (Wildman–Crippen MR) is 110 cm³/mol. The molecule has 0 radical (unpaired) electrons. The standard InChI is InChI=1S/C21H29NO10/c1-5-13(23)22-11-8-10(9-30-20(29)21(2,3)4)6-7-12(11)31-19-16(26)14(24)15(25)17(32-19)18(27)28/h6-8,14-17,19,24-26H,5,9H2,1-4H3,(H,22,23)(H,27,28)/t14-,15-,16+,17-,19+/m0/s1. The van der Waals surface area contributed by atoms with Crippen molar-refractivity contribution in [1.29, 1.82) is 0 Å². The highest BCUT2D eigenvalue weighted by molar-refractivity contribution is 5.92. The Morgan fingerprint density at radius 1 is 1.09 bits per heavy atom. The number of rotatable bonds is 7. The minimum atomic E-state index is -1.86.